The average molecular weight is 228 g/mol. The van der Waals surface area contributed by atoms with Crippen molar-refractivity contribution < 1.29 is 18.7 Å². The van der Waals surface area contributed by atoms with Gasteiger partial charge in [-0.05, 0) is 32.6 Å². The third-order valence-electron chi connectivity index (χ3n) is 1.39. The lowest BCUT2D eigenvalue weighted by Crippen LogP contribution is -2.30. The van der Waals surface area contributed by atoms with E-state index in [4.69, 9.17) is 9.96 Å². The molecule has 0 aliphatic rings. The summed E-state index contributed by atoms with van der Waals surface area (Å²) in [5, 5.41) is 0. The fourth-order valence-corrected chi connectivity index (χ4v) is 1.74. The minimum Gasteiger partial charge on any atom is -0.539 e. The highest BCUT2D eigenvalue weighted by Gasteiger charge is 2.31. The minimum atomic E-state index is -1.85. The zero-order valence-corrected chi connectivity index (χ0v) is 10.7. The first kappa shape index (κ1) is 13.6. The second-order valence-corrected chi connectivity index (χ2v) is 8.24. The van der Waals surface area contributed by atoms with Crippen LogP contribution in [0.4, 0.5) is 0 Å². The highest BCUT2D eigenvalue weighted by Crippen LogP contribution is 2.11. The zero-order chi connectivity index (χ0) is 12.1. The molecule has 6 heteroatoms. The SMILES string of the molecule is C/C=C(/O[Si](C)(C)C)C(=[N+]=[N-])C(=O)OC. The van der Waals surface area contributed by atoms with E-state index >= 15 is 0 Å². The van der Waals surface area contributed by atoms with E-state index in [1.54, 1.807) is 13.0 Å². The first-order valence-electron chi connectivity index (χ1n) is 4.51. The fourth-order valence-electron chi connectivity index (χ4n) is 0.861. The molecule has 84 valence electrons. The number of methoxy groups -OCH3 is 1. The van der Waals surface area contributed by atoms with Crippen LogP contribution in [0.2, 0.25) is 19.6 Å². The van der Waals surface area contributed by atoms with E-state index in [1.165, 1.54) is 7.11 Å². The quantitative estimate of drug-likeness (QED) is 0.183. The third kappa shape index (κ3) is 4.58. The van der Waals surface area contributed by atoms with Gasteiger partial charge in [-0.25, -0.2) is 4.79 Å². The van der Waals surface area contributed by atoms with Crippen LogP contribution in [0.3, 0.4) is 0 Å². The second-order valence-electron chi connectivity index (χ2n) is 3.81. The first-order valence-corrected chi connectivity index (χ1v) is 7.92. The number of nitrogens with zero attached hydrogens (tertiary/aromatic N) is 2. The van der Waals surface area contributed by atoms with Crippen LogP contribution in [-0.2, 0) is 14.0 Å². The molecule has 5 nitrogen and oxygen atoms in total. The van der Waals surface area contributed by atoms with Crippen molar-refractivity contribution in [2.24, 2.45) is 0 Å². The summed E-state index contributed by atoms with van der Waals surface area (Å²) in [6.07, 6.45) is 1.57. The van der Waals surface area contributed by atoms with Crippen LogP contribution in [0.1, 0.15) is 6.92 Å². The molecule has 0 saturated heterocycles. The van der Waals surface area contributed by atoms with Crippen LogP contribution in [0.5, 0.6) is 0 Å². The third-order valence-corrected chi connectivity index (χ3v) is 2.22. The Labute approximate surface area is 90.4 Å². The number of rotatable bonds is 4. The van der Waals surface area contributed by atoms with Gasteiger partial charge in [-0.2, -0.15) is 4.79 Å². The summed E-state index contributed by atoms with van der Waals surface area (Å²) in [5.74, 6) is -0.465. The Bertz CT molecular complexity index is 325. The Morgan fingerprint density at radius 3 is 2.20 bits per heavy atom. The van der Waals surface area contributed by atoms with Crippen LogP contribution in [0.15, 0.2) is 11.8 Å². The van der Waals surface area contributed by atoms with Crippen LogP contribution in [0, 0.1) is 0 Å². The molecule has 0 spiro atoms. The maximum absolute atomic E-state index is 11.2. The van der Waals surface area contributed by atoms with Crippen molar-refractivity contribution in [1.82, 2.24) is 0 Å². The van der Waals surface area contributed by atoms with Crippen LogP contribution in [0.25, 0.3) is 5.53 Å². The maximum Gasteiger partial charge on any atom is 0.438 e. The molecule has 0 aromatic carbocycles. The van der Waals surface area contributed by atoms with Gasteiger partial charge in [0.1, 0.15) is 0 Å². The van der Waals surface area contributed by atoms with Gasteiger partial charge in [0.25, 0.3) is 0 Å². The molecular formula is C9H16N2O3Si. The number of ether oxygens (including phenoxy) is 1. The summed E-state index contributed by atoms with van der Waals surface area (Å²) in [6.45, 7) is 7.58. The Balaban J connectivity index is 4.99. The predicted octanol–water partition coefficient (Wildman–Crippen LogP) is 1.59. The lowest BCUT2D eigenvalue weighted by atomic mass is 10.3. The monoisotopic (exact) mass is 228 g/mol. The van der Waals surface area contributed by atoms with Crippen molar-refractivity contribution in [3.63, 3.8) is 0 Å². The van der Waals surface area contributed by atoms with Crippen LogP contribution < -0.4 is 0 Å². The van der Waals surface area contributed by atoms with Crippen molar-refractivity contribution in [2.45, 2.75) is 26.6 Å². The standard InChI is InChI=1S/C9H16N2O3Si/c1-6-7(14-15(3,4)5)8(11-10)9(12)13-2/h6H,1-5H3/b7-6+. The van der Waals surface area contributed by atoms with E-state index < -0.39 is 14.3 Å². The summed E-state index contributed by atoms with van der Waals surface area (Å²) >= 11 is 0. The van der Waals surface area contributed by atoms with Crippen molar-refractivity contribution in [1.29, 1.82) is 0 Å². The average Bonchev–Trinajstić information content (AvgIpc) is 2.15. The fraction of sp³-hybridized carbons (Fsp3) is 0.556. The Morgan fingerprint density at radius 2 is 1.93 bits per heavy atom. The molecule has 0 bridgehead atoms. The molecule has 0 unspecified atom stereocenters. The topological polar surface area (TPSA) is 71.9 Å². The maximum atomic E-state index is 11.2. The van der Waals surface area contributed by atoms with Gasteiger partial charge in [-0.15, -0.1) is 0 Å². The molecule has 0 rings (SSSR count). The lowest BCUT2D eigenvalue weighted by molar-refractivity contribution is -0.137. The molecule has 0 aromatic rings. The number of allylic oxidation sites excluding steroid dienone is 1. The number of hydrogen-bond acceptors (Lipinski definition) is 3. The first-order chi connectivity index (χ1) is 6.85. The summed E-state index contributed by atoms with van der Waals surface area (Å²) in [5.41, 5.74) is 8.50. The van der Waals surface area contributed by atoms with Crippen molar-refractivity contribution in [3.8, 4) is 0 Å². The normalized spacial score (nSPS) is 11.7. The minimum absolute atomic E-state index is 0.206. The highest BCUT2D eigenvalue weighted by molar-refractivity contribution is 6.70. The smallest absolute Gasteiger partial charge is 0.438 e. The van der Waals surface area contributed by atoms with Crippen molar-refractivity contribution in [3.05, 3.63) is 17.4 Å². The zero-order valence-electron chi connectivity index (χ0n) is 9.70. The Kier molecular flexibility index (Phi) is 4.97. The molecule has 0 aliphatic heterocycles. The highest BCUT2D eigenvalue weighted by atomic mass is 28.4. The van der Waals surface area contributed by atoms with Gasteiger partial charge in [0.15, 0.2) is 5.76 Å². The van der Waals surface area contributed by atoms with Crippen LogP contribution >= 0.6 is 0 Å². The predicted molar refractivity (Wildman–Crippen MR) is 58.8 cm³/mol. The second kappa shape index (κ2) is 5.48. The molecule has 0 amide bonds. The van der Waals surface area contributed by atoms with Gasteiger partial charge in [0.05, 0.1) is 7.11 Å². The van der Waals surface area contributed by atoms with Gasteiger partial charge in [-0.3, -0.25) is 0 Å². The molecule has 15 heavy (non-hydrogen) atoms. The Hall–Kier alpha value is -1.39. The summed E-state index contributed by atoms with van der Waals surface area (Å²) in [4.78, 5) is 14.1. The van der Waals surface area contributed by atoms with Gasteiger partial charge in [0.2, 0.25) is 8.32 Å². The number of carbonyl (C=O) groups is 1. The largest absolute Gasteiger partial charge is 0.539 e. The van der Waals surface area contributed by atoms with E-state index in [0.29, 0.717) is 0 Å². The molecule has 0 N–H and O–H groups in total. The van der Waals surface area contributed by atoms with E-state index in [2.05, 4.69) is 9.53 Å². The van der Waals surface area contributed by atoms with Gasteiger partial charge in [0, 0.05) is 0 Å². The van der Waals surface area contributed by atoms with E-state index in [-0.39, 0.29) is 11.5 Å². The summed E-state index contributed by atoms with van der Waals surface area (Å²) in [6, 6.07) is 0. The van der Waals surface area contributed by atoms with Crippen molar-refractivity contribution >= 4 is 20.0 Å². The van der Waals surface area contributed by atoms with Gasteiger partial charge < -0.3 is 14.7 Å². The molecule has 0 aromatic heterocycles. The summed E-state index contributed by atoms with van der Waals surface area (Å²) < 4.78 is 10.0. The van der Waals surface area contributed by atoms with Crippen LogP contribution in [-0.4, -0.2) is 31.9 Å². The molecule has 0 aliphatic carbocycles. The molecule has 0 fully saturated rings. The molecule has 0 saturated carbocycles. The van der Waals surface area contributed by atoms with E-state index in [9.17, 15) is 4.79 Å². The van der Waals surface area contributed by atoms with Gasteiger partial charge in [-0.1, -0.05) is 0 Å². The Morgan fingerprint density at radius 1 is 1.40 bits per heavy atom. The van der Waals surface area contributed by atoms with E-state index in [0.717, 1.165) is 0 Å². The summed E-state index contributed by atoms with van der Waals surface area (Å²) in [7, 11) is -0.629. The molecule has 0 atom stereocenters. The lowest BCUT2D eigenvalue weighted by Gasteiger charge is -2.18. The number of esters is 1. The van der Waals surface area contributed by atoms with Gasteiger partial charge >= 0.3 is 11.7 Å². The number of hydrogen-bond donors (Lipinski definition) is 0. The molecule has 0 radical (unpaired) electrons. The number of carbonyl (C=O) groups excluding carboxylic acids is 1. The van der Waals surface area contributed by atoms with Crippen molar-refractivity contribution in [2.75, 3.05) is 7.11 Å². The molecular weight excluding hydrogens is 212 g/mol. The molecule has 0 heterocycles. The van der Waals surface area contributed by atoms with E-state index in [1.807, 2.05) is 19.6 Å².